The molecule has 0 saturated carbocycles. The second-order valence-electron chi connectivity index (χ2n) is 2.43. The van der Waals surface area contributed by atoms with E-state index < -0.39 is 0 Å². The van der Waals surface area contributed by atoms with Crippen LogP contribution < -0.4 is 10.5 Å². The lowest BCUT2D eigenvalue weighted by atomic mass is 10.1. The highest BCUT2D eigenvalue weighted by Crippen LogP contribution is 2.21. The monoisotopic (exact) mass is 151 g/mol. The minimum Gasteiger partial charge on any atom is -0.495 e. The Morgan fingerprint density at radius 2 is 2.18 bits per heavy atom. The normalized spacial score (nSPS) is 9.64. The van der Waals surface area contributed by atoms with Gasteiger partial charge in [-0.05, 0) is 24.1 Å². The highest BCUT2D eigenvalue weighted by molar-refractivity contribution is 5.53. The Kier molecular flexibility index (Phi) is 2.36. The summed E-state index contributed by atoms with van der Waals surface area (Å²) in [5, 5.41) is 0. The highest BCUT2D eigenvalue weighted by Gasteiger charge is 1.97. The molecule has 0 aliphatic heterocycles. The van der Waals surface area contributed by atoms with Crippen LogP contribution in [-0.4, -0.2) is 7.11 Å². The zero-order valence-corrected chi connectivity index (χ0v) is 6.92. The van der Waals surface area contributed by atoms with Crippen molar-refractivity contribution in [2.75, 3.05) is 12.8 Å². The topological polar surface area (TPSA) is 35.2 Å². The molecule has 0 saturated heterocycles. The number of anilines is 1. The Morgan fingerprint density at radius 1 is 1.45 bits per heavy atom. The van der Waals surface area contributed by atoms with Gasteiger partial charge in [-0.15, -0.1) is 0 Å². The lowest BCUT2D eigenvalue weighted by molar-refractivity contribution is 0.416. The third-order valence-corrected chi connectivity index (χ3v) is 1.71. The first-order valence-electron chi connectivity index (χ1n) is 3.70. The maximum Gasteiger partial charge on any atom is 0.142 e. The van der Waals surface area contributed by atoms with E-state index >= 15 is 0 Å². The standard InChI is InChI=1S/C9H13NO/c1-3-7-4-5-8(10)9(6-7)11-2/h4-6H,3,10H2,1-2H3. The Hall–Kier alpha value is -1.18. The lowest BCUT2D eigenvalue weighted by Crippen LogP contribution is -1.93. The van der Waals surface area contributed by atoms with Gasteiger partial charge in [-0.25, -0.2) is 0 Å². The van der Waals surface area contributed by atoms with Crippen LogP contribution in [0.3, 0.4) is 0 Å². The van der Waals surface area contributed by atoms with Crippen LogP contribution in [0.5, 0.6) is 5.75 Å². The highest BCUT2D eigenvalue weighted by atomic mass is 16.5. The largest absolute Gasteiger partial charge is 0.495 e. The van der Waals surface area contributed by atoms with E-state index in [-0.39, 0.29) is 0 Å². The number of nitrogens with two attached hydrogens (primary N) is 1. The summed E-state index contributed by atoms with van der Waals surface area (Å²) in [6.07, 6.45) is 1.01. The number of nitrogen functional groups attached to an aromatic ring is 1. The predicted octanol–water partition coefficient (Wildman–Crippen LogP) is 1.84. The van der Waals surface area contributed by atoms with E-state index in [0.717, 1.165) is 12.2 Å². The average molecular weight is 151 g/mol. The molecular formula is C9H13NO. The Balaban J connectivity index is 3.02. The van der Waals surface area contributed by atoms with Crippen LogP contribution in [0.25, 0.3) is 0 Å². The number of hydrogen-bond acceptors (Lipinski definition) is 2. The molecule has 60 valence electrons. The number of aryl methyl sites for hydroxylation is 1. The smallest absolute Gasteiger partial charge is 0.142 e. The molecule has 0 radical (unpaired) electrons. The Morgan fingerprint density at radius 3 is 2.73 bits per heavy atom. The third-order valence-electron chi connectivity index (χ3n) is 1.71. The van der Waals surface area contributed by atoms with E-state index in [1.165, 1.54) is 5.56 Å². The fraction of sp³-hybridized carbons (Fsp3) is 0.333. The third kappa shape index (κ3) is 1.64. The van der Waals surface area contributed by atoms with Crippen molar-refractivity contribution >= 4 is 5.69 Å². The molecule has 2 nitrogen and oxygen atoms in total. The fourth-order valence-electron chi connectivity index (χ4n) is 0.975. The van der Waals surface area contributed by atoms with E-state index in [1.807, 2.05) is 18.2 Å². The molecule has 0 aliphatic rings. The van der Waals surface area contributed by atoms with Crippen LogP contribution in [0.15, 0.2) is 18.2 Å². The number of hydrogen-bond donors (Lipinski definition) is 1. The number of benzene rings is 1. The molecular weight excluding hydrogens is 138 g/mol. The molecule has 2 heteroatoms. The fourth-order valence-corrected chi connectivity index (χ4v) is 0.975. The molecule has 0 unspecified atom stereocenters. The average Bonchev–Trinajstić information content (AvgIpc) is 2.05. The molecule has 1 aromatic rings. The number of ether oxygens (including phenoxy) is 1. The quantitative estimate of drug-likeness (QED) is 0.654. The van der Waals surface area contributed by atoms with Gasteiger partial charge in [0.25, 0.3) is 0 Å². The van der Waals surface area contributed by atoms with Crippen molar-refractivity contribution in [2.24, 2.45) is 0 Å². The molecule has 0 bridgehead atoms. The van der Waals surface area contributed by atoms with Crippen LogP contribution in [0, 0.1) is 0 Å². The first-order chi connectivity index (χ1) is 5.27. The van der Waals surface area contributed by atoms with Crippen LogP contribution in [0.2, 0.25) is 0 Å². The van der Waals surface area contributed by atoms with Crippen LogP contribution in [0.1, 0.15) is 12.5 Å². The maximum atomic E-state index is 5.63. The summed E-state index contributed by atoms with van der Waals surface area (Å²) in [6.45, 7) is 2.10. The maximum absolute atomic E-state index is 5.63. The lowest BCUT2D eigenvalue weighted by Gasteiger charge is -2.05. The molecule has 11 heavy (non-hydrogen) atoms. The number of rotatable bonds is 2. The zero-order chi connectivity index (χ0) is 8.27. The zero-order valence-electron chi connectivity index (χ0n) is 6.92. The Labute approximate surface area is 67.0 Å². The molecule has 1 rings (SSSR count). The van der Waals surface area contributed by atoms with Crippen molar-refractivity contribution < 1.29 is 4.74 Å². The molecule has 0 aliphatic carbocycles. The number of methoxy groups -OCH3 is 1. The SMILES string of the molecule is CCc1ccc(N)c(OC)c1. The molecule has 0 heterocycles. The van der Waals surface area contributed by atoms with Crippen molar-refractivity contribution in [2.45, 2.75) is 13.3 Å². The van der Waals surface area contributed by atoms with Gasteiger partial charge in [-0.2, -0.15) is 0 Å². The molecule has 0 amide bonds. The summed E-state index contributed by atoms with van der Waals surface area (Å²) in [7, 11) is 1.63. The van der Waals surface area contributed by atoms with Gasteiger partial charge in [-0.1, -0.05) is 13.0 Å². The van der Waals surface area contributed by atoms with Crippen molar-refractivity contribution in [3.8, 4) is 5.75 Å². The molecule has 0 aromatic heterocycles. The van der Waals surface area contributed by atoms with Crippen LogP contribution in [-0.2, 0) is 6.42 Å². The first kappa shape index (κ1) is 7.92. The summed E-state index contributed by atoms with van der Waals surface area (Å²) >= 11 is 0. The van der Waals surface area contributed by atoms with Crippen molar-refractivity contribution in [1.82, 2.24) is 0 Å². The van der Waals surface area contributed by atoms with Crippen LogP contribution in [0.4, 0.5) is 5.69 Å². The van der Waals surface area contributed by atoms with Crippen molar-refractivity contribution in [1.29, 1.82) is 0 Å². The molecule has 0 atom stereocenters. The molecule has 0 spiro atoms. The molecule has 0 fully saturated rings. The van der Waals surface area contributed by atoms with E-state index in [1.54, 1.807) is 7.11 Å². The molecule has 2 N–H and O–H groups in total. The van der Waals surface area contributed by atoms with E-state index in [4.69, 9.17) is 10.5 Å². The molecule has 1 aromatic carbocycles. The van der Waals surface area contributed by atoms with Crippen molar-refractivity contribution in [3.05, 3.63) is 23.8 Å². The first-order valence-corrected chi connectivity index (χ1v) is 3.70. The van der Waals surface area contributed by atoms with Gasteiger partial charge in [0.2, 0.25) is 0 Å². The summed E-state index contributed by atoms with van der Waals surface area (Å²) in [5.74, 6) is 0.768. The van der Waals surface area contributed by atoms with E-state index in [9.17, 15) is 0 Å². The second-order valence-corrected chi connectivity index (χ2v) is 2.43. The van der Waals surface area contributed by atoms with Gasteiger partial charge in [-0.3, -0.25) is 0 Å². The van der Waals surface area contributed by atoms with E-state index in [2.05, 4.69) is 6.92 Å². The Bertz CT molecular complexity index is 245. The van der Waals surface area contributed by atoms with Crippen LogP contribution >= 0.6 is 0 Å². The van der Waals surface area contributed by atoms with Gasteiger partial charge >= 0.3 is 0 Å². The van der Waals surface area contributed by atoms with Gasteiger partial charge in [0.15, 0.2) is 0 Å². The minimum atomic E-state index is 0.699. The minimum absolute atomic E-state index is 0.699. The van der Waals surface area contributed by atoms with Gasteiger partial charge in [0.1, 0.15) is 5.75 Å². The summed E-state index contributed by atoms with van der Waals surface area (Å²) in [4.78, 5) is 0. The van der Waals surface area contributed by atoms with E-state index in [0.29, 0.717) is 5.69 Å². The van der Waals surface area contributed by atoms with Gasteiger partial charge < -0.3 is 10.5 Å². The van der Waals surface area contributed by atoms with Gasteiger partial charge in [0, 0.05) is 0 Å². The second kappa shape index (κ2) is 3.28. The summed E-state index contributed by atoms with van der Waals surface area (Å²) in [5.41, 5.74) is 7.57. The summed E-state index contributed by atoms with van der Waals surface area (Å²) in [6, 6.07) is 5.85. The van der Waals surface area contributed by atoms with Crippen molar-refractivity contribution in [3.63, 3.8) is 0 Å². The summed E-state index contributed by atoms with van der Waals surface area (Å²) < 4.78 is 5.06. The van der Waals surface area contributed by atoms with Gasteiger partial charge in [0.05, 0.1) is 12.8 Å². The predicted molar refractivity (Wildman–Crippen MR) is 46.8 cm³/mol.